The van der Waals surface area contributed by atoms with Crippen LogP contribution >= 0.6 is 0 Å². The fourth-order valence-corrected chi connectivity index (χ4v) is 4.06. The molecule has 1 N–H and O–H groups in total. The molecule has 1 saturated heterocycles. The fraction of sp³-hybridized carbons (Fsp3) is 0.364. The van der Waals surface area contributed by atoms with E-state index in [1.807, 2.05) is 32.0 Å². The quantitative estimate of drug-likeness (QED) is 0.776. The molecule has 0 unspecified atom stereocenters. The highest BCUT2D eigenvalue weighted by Crippen LogP contribution is 2.31. The number of hydrogen-bond acceptors (Lipinski definition) is 3. The zero-order chi connectivity index (χ0) is 19.0. The maximum absolute atomic E-state index is 12.9. The largest absolute Gasteiger partial charge is 0.391 e. The summed E-state index contributed by atoms with van der Waals surface area (Å²) < 4.78 is 1.74. The number of aliphatic hydroxyl groups excluding tert-OH is 1. The minimum atomic E-state index is -0.567. The highest BCUT2D eigenvalue weighted by molar-refractivity contribution is 5.93. The Labute approximate surface area is 159 Å². The summed E-state index contributed by atoms with van der Waals surface area (Å²) in [4.78, 5) is 14.7. The number of nitrogens with zero attached hydrogens (tertiary/aromatic N) is 3. The van der Waals surface area contributed by atoms with Crippen molar-refractivity contribution in [3.05, 3.63) is 65.5 Å². The van der Waals surface area contributed by atoms with E-state index in [1.54, 1.807) is 9.58 Å². The Morgan fingerprint density at radius 1 is 1.19 bits per heavy atom. The number of β-amino-alcohol motifs (C(OH)–C–C–N with tert-alkyl or cyclic N) is 1. The van der Waals surface area contributed by atoms with Crippen molar-refractivity contribution >= 4 is 16.7 Å². The van der Waals surface area contributed by atoms with Crippen molar-refractivity contribution in [1.82, 2.24) is 14.7 Å². The molecule has 2 aromatic carbocycles. The van der Waals surface area contributed by atoms with Gasteiger partial charge in [0.05, 0.1) is 11.8 Å². The zero-order valence-electron chi connectivity index (χ0n) is 15.8. The van der Waals surface area contributed by atoms with Crippen molar-refractivity contribution in [2.75, 3.05) is 13.1 Å². The molecule has 5 nitrogen and oxygen atoms in total. The van der Waals surface area contributed by atoms with Gasteiger partial charge in [-0.15, -0.1) is 0 Å². The first-order valence-corrected chi connectivity index (χ1v) is 9.57. The standard InChI is InChI=1S/C22H25N3O2/c1-3-25-20(12-15(2)23-25)22(27)24-11-10-19(21(26)14-24)18-9-8-16-6-4-5-7-17(16)13-18/h4-9,12-13,19,21,26H,3,10-11,14H2,1-2H3/t19-,21+/m1/s1. The lowest BCUT2D eigenvalue weighted by Gasteiger charge is -2.36. The number of aliphatic hydroxyl groups is 1. The van der Waals surface area contributed by atoms with Gasteiger partial charge >= 0.3 is 0 Å². The first-order chi connectivity index (χ1) is 13.1. The minimum absolute atomic E-state index is 0.0477. The van der Waals surface area contributed by atoms with E-state index < -0.39 is 6.10 Å². The molecule has 0 spiro atoms. The third kappa shape index (κ3) is 3.35. The predicted octanol–water partition coefficient (Wildman–Crippen LogP) is 3.36. The second-order valence-corrected chi connectivity index (χ2v) is 7.31. The molecule has 0 saturated carbocycles. The molecule has 0 radical (unpaired) electrons. The molecule has 0 aliphatic carbocycles. The van der Waals surface area contributed by atoms with Gasteiger partial charge in [-0.25, -0.2) is 0 Å². The van der Waals surface area contributed by atoms with Crippen LogP contribution < -0.4 is 0 Å². The van der Waals surface area contributed by atoms with E-state index in [1.165, 1.54) is 10.8 Å². The van der Waals surface area contributed by atoms with Gasteiger partial charge in [0.2, 0.25) is 0 Å². The van der Waals surface area contributed by atoms with Crippen LogP contribution in [0.2, 0.25) is 0 Å². The van der Waals surface area contributed by atoms with Gasteiger partial charge in [0.1, 0.15) is 5.69 Å². The molecule has 3 aromatic rings. The number of benzene rings is 2. The Balaban J connectivity index is 1.52. The molecule has 2 heterocycles. The second kappa shape index (κ2) is 7.16. The van der Waals surface area contributed by atoms with E-state index in [0.29, 0.717) is 25.3 Å². The second-order valence-electron chi connectivity index (χ2n) is 7.31. The lowest BCUT2D eigenvalue weighted by Crippen LogP contribution is -2.46. The van der Waals surface area contributed by atoms with Crippen LogP contribution in [-0.2, 0) is 6.54 Å². The van der Waals surface area contributed by atoms with E-state index in [4.69, 9.17) is 0 Å². The molecular formula is C22H25N3O2. The number of likely N-dealkylation sites (tertiary alicyclic amines) is 1. The summed E-state index contributed by atoms with van der Waals surface area (Å²) in [7, 11) is 0. The van der Waals surface area contributed by atoms with Crippen LogP contribution in [0.3, 0.4) is 0 Å². The summed E-state index contributed by atoms with van der Waals surface area (Å²) in [6.07, 6.45) is 0.188. The molecule has 0 bridgehead atoms. The smallest absolute Gasteiger partial charge is 0.272 e. The number of aryl methyl sites for hydroxylation is 2. The van der Waals surface area contributed by atoms with Gasteiger partial charge in [-0.05, 0) is 42.7 Å². The van der Waals surface area contributed by atoms with Gasteiger partial charge in [0.25, 0.3) is 5.91 Å². The van der Waals surface area contributed by atoms with Crippen LogP contribution in [-0.4, -0.2) is 44.9 Å². The molecule has 4 rings (SSSR count). The molecule has 2 atom stereocenters. The Hall–Kier alpha value is -2.66. The molecule has 1 aliphatic heterocycles. The third-order valence-corrected chi connectivity index (χ3v) is 5.49. The summed E-state index contributed by atoms with van der Waals surface area (Å²) in [5.74, 6) is 0.00457. The van der Waals surface area contributed by atoms with Gasteiger partial charge in [-0.2, -0.15) is 5.10 Å². The van der Waals surface area contributed by atoms with Gasteiger partial charge in [0.15, 0.2) is 0 Å². The summed E-state index contributed by atoms with van der Waals surface area (Å²) in [5, 5.41) is 17.5. The SMILES string of the molecule is CCn1nc(C)cc1C(=O)N1CC[C@H](c2ccc3ccccc3c2)[C@@H](O)C1. The summed E-state index contributed by atoms with van der Waals surface area (Å²) in [5.41, 5.74) is 2.58. The monoisotopic (exact) mass is 363 g/mol. The number of carbonyl (C=O) groups excluding carboxylic acids is 1. The molecule has 5 heteroatoms. The van der Waals surface area contributed by atoms with Gasteiger partial charge in [-0.1, -0.05) is 42.5 Å². The summed E-state index contributed by atoms with van der Waals surface area (Å²) in [6, 6.07) is 16.4. The minimum Gasteiger partial charge on any atom is -0.391 e. The van der Waals surface area contributed by atoms with Gasteiger partial charge in [0, 0.05) is 25.6 Å². The topological polar surface area (TPSA) is 58.4 Å². The van der Waals surface area contributed by atoms with Crippen LogP contribution in [0.25, 0.3) is 10.8 Å². The van der Waals surface area contributed by atoms with Crippen LogP contribution in [0.15, 0.2) is 48.5 Å². The average molecular weight is 363 g/mol. The lowest BCUT2D eigenvalue weighted by atomic mass is 9.86. The number of fused-ring (bicyclic) bond motifs is 1. The van der Waals surface area contributed by atoms with Crippen LogP contribution in [0.1, 0.15) is 41.0 Å². The van der Waals surface area contributed by atoms with E-state index >= 15 is 0 Å². The Morgan fingerprint density at radius 3 is 2.70 bits per heavy atom. The highest BCUT2D eigenvalue weighted by Gasteiger charge is 2.32. The fourth-order valence-electron chi connectivity index (χ4n) is 4.06. The number of carbonyl (C=O) groups is 1. The van der Waals surface area contributed by atoms with Crippen LogP contribution in [0.5, 0.6) is 0 Å². The maximum Gasteiger partial charge on any atom is 0.272 e. The van der Waals surface area contributed by atoms with Crippen molar-refractivity contribution in [1.29, 1.82) is 0 Å². The average Bonchev–Trinajstić information content (AvgIpc) is 3.07. The predicted molar refractivity (Wildman–Crippen MR) is 106 cm³/mol. The Kier molecular flexibility index (Phi) is 4.70. The number of hydrogen-bond donors (Lipinski definition) is 1. The van der Waals surface area contributed by atoms with E-state index in [9.17, 15) is 9.90 Å². The molecule has 27 heavy (non-hydrogen) atoms. The zero-order valence-corrected chi connectivity index (χ0v) is 15.8. The van der Waals surface area contributed by atoms with Crippen molar-refractivity contribution < 1.29 is 9.90 Å². The van der Waals surface area contributed by atoms with E-state index in [0.717, 1.165) is 17.7 Å². The molecule has 140 valence electrons. The van der Waals surface area contributed by atoms with Crippen LogP contribution in [0, 0.1) is 6.92 Å². The molecule has 1 aromatic heterocycles. The first-order valence-electron chi connectivity index (χ1n) is 9.57. The number of aromatic nitrogens is 2. The third-order valence-electron chi connectivity index (χ3n) is 5.49. The van der Waals surface area contributed by atoms with E-state index in [-0.39, 0.29) is 11.8 Å². The van der Waals surface area contributed by atoms with Crippen molar-refractivity contribution in [3.8, 4) is 0 Å². The molecule has 1 aliphatic rings. The molecular weight excluding hydrogens is 338 g/mol. The highest BCUT2D eigenvalue weighted by atomic mass is 16.3. The molecule has 1 amide bonds. The normalized spacial score (nSPS) is 20.2. The molecule has 1 fully saturated rings. The van der Waals surface area contributed by atoms with Gasteiger partial charge in [-0.3, -0.25) is 9.48 Å². The van der Waals surface area contributed by atoms with E-state index in [2.05, 4.69) is 35.4 Å². The summed E-state index contributed by atoms with van der Waals surface area (Å²) in [6.45, 7) is 5.52. The number of amides is 1. The van der Waals surface area contributed by atoms with Crippen LogP contribution in [0.4, 0.5) is 0 Å². The summed E-state index contributed by atoms with van der Waals surface area (Å²) >= 11 is 0. The number of piperidine rings is 1. The van der Waals surface area contributed by atoms with Crippen molar-refractivity contribution in [2.45, 2.75) is 38.8 Å². The first kappa shape index (κ1) is 17.7. The van der Waals surface area contributed by atoms with Crippen molar-refractivity contribution in [3.63, 3.8) is 0 Å². The maximum atomic E-state index is 12.9. The Bertz CT molecular complexity index is 979. The lowest BCUT2D eigenvalue weighted by molar-refractivity contribution is 0.0373. The van der Waals surface area contributed by atoms with Gasteiger partial charge < -0.3 is 10.0 Å². The Morgan fingerprint density at radius 2 is 1.96 bits per heavy atom. The number of rotatable bonds is 3. The van der Waals surface area contributed by atoms with Crippen molar-refractivity contribution in [2.24, 2.45) is 0 Å².